The number of imidazole rings is 1. The van der Waals surface area contributed by atoms with Crippen LogP contribution in [0.15, 0.2) is 35.6 Å². The van der Waals surface area contributed by atoms with Crippen molar-refractivity contribution in [1.29, 1.82) is 0 Å². The fraction of sp³-hybridized carbons (Fsp3) is 0.400. The molecule has 2 aliphatic rings. The smallest absolute Gasteiger partial charge is 0.221 e. The molecule has 0 aliphatic carbocycles. The molecule has 0 spiro atoms. The average Bonchev–Trinajstić information content (AvgIpc) is 3.41. The summed E-state index contributed by atoms with van der Waals surface area (Å²) in [5.41, 5.74) is 2.98. The summed E-state index contributed by atoms with van der Waals surface area (Å²) in [7, 11) is 1.93. The molecule has 3 aromatic heterocycles. The molecule has 28 heavy (non-hydrogen) atoms. The summed E-state index contributed by atoms with van der Waals surface area (Å²) in [4.78, 5) is 20.0. The van der Waals surface area contributed by atoms with Crippen molar-refractivity contribution >= 4 is 33.1 Å². The summed E-state index contributed by atoms with van der Waals surface area (Å²) >= 11 is 1.48. The third kappa shape index (κ3) is 2.92. The van der Waals surface area contributed by atoms with Gasteiger partial charge in [0, 0.05) is 32.1 Å². The van der Waals surface area contributed by atoms with Crippen LogP contribution >= 0.6 is 11.3 Å². The highest BCUT2D eigenvalue weighted by molar-refractivity contribution is 7.19. The number of hydrogen-bond donors (Lipinski definition) is 0. The largest absolute Gasteiger partial charge is 0.360 e. The summed E-state index contributed by atoms with van der Waals surface area (Å²) in [6, 6.07) is 3.96. The van der Waals surface area contributed by atoms with E-state index >= 15 is 0 Å². The van der Waals surface area contributed by atoms with Crippen LogP contribution in [0.2, 0.25) is 0 Å². The van der Waals surface area contributed by atoms with Gasteiger partial charge in [0.15, 0.2) is 5.65 Å². The summed E-state index contributed by atoms with van der Waals surface area (Å²) in [5, 5.41) is 0.680. The van der Waals surface area contributed by atoms with Crippen LogP contribution in [0.25, 0.3) is 27.3 Å². The van der Waals surface area contributed by atoms with E-state index in [4.69, 9.17) is 0 Å². The van der Waals surface area contributed by atoms with E-state index in [0.29, 0.717) is 16.2 Å². The summed E-state index contributed by atoms with van der Waals surface area (Å²) in [5.74, 6) is 0.528. The van der Waals surface area contributed by atoms with Crippen molar-refractivity contribution in [3.05, 3.63) is 35.6 Å². The lowest BCUT2D eigenvalue weighted by atomic mass is 9.95. The first kappa shape index (κ1) is 17.5. The molecule has 144 valence electrons. The molecule has 2 aliphatic heterocycles. The first-order valence-corrected chi connectivity index (χ1v) is 10.4. The molecular weight excluding hydrogens is 375 g/mol. The van der Waals surface area contributed by atoms with Crippen LogP contribution in [-0.4, -0.2) is 43.3 Å². The highest BCUT2D eigenvalue weighted by Crippen LogP contribution is 2.39. The van der Waals surface area contributed by atoms with Crippen molar-refractivity contribution in [3.63, 3.8) is 0 Å². The Labute approximate surface area is 166 Å². The van der Waals surface area contributed by atoms with Crippen LogP contribution in [0, 0.1) is 5.92 Å². The number of aryl methyl sites for hydroxylation is 1. The average molecular weight is 396 g/mol. The molecule has 0 aromatic carbocycles. The van der Waals surface area contributed by atoms with Crippen molar-refractivity contribution in [1.82, 2.24) is 24.4 Å². The second-order valence-electron chi connectivity index (χ2n) is 7.46. The van der Waals surface area contributed by atoms with Crippen molar-refractivity contribution in [2.45, 2.75) is 26.2 Å². The third-order valence-electron chi connectivity index (χ3n) is 5.47. The Morgan fingerprint density at radius 2 is 2.00 bits per heavy atom. The van der Waals surface area contributed by atoms with Crippen molar-refractivity contribution < 1.29 is 4.39 Å². The Balaban J connectivity index is 1.53. The van der Waals surface area contributed by atoms with Crippen molar-refractivity contribution in [3.8, 4) is 11.4 Å². The lowest BCUT2D eigenvalue weighted by Gasteiger charge is -2.26. The highest BCUT2D eigenvalue weighted by Gasteiger charge is 2.29. The summed E-state index contributed by atoms with van der Waals surface area (Å²) in [6.07, 6.45) is 6.60. The maximum Gasteiger partial charge on any atom is 0.221 e. The number of aliphatic imine (C=N–C) groups is 1. The molecule has 1 saturated heterocycles. The fourth-order valence-electron chi connectivity index (χ4n) is 3.95. The first-order valence-electron chi connectivity index (χ1n) is 9.57. The van der Waals surface area contributed by atoms with E-state index in [1.165, 1.54) is 11.3 Å². The standard InChI is InChI=1S/C20H21FN6S/c1-12-9-16(27-7-3-4-8-27)24-18(21)17(12)20-25-19-15(28-20)6-5-13(23-19)14-10-22-11-26(14)2/h5-6,10-12H,3-4,7-9H2,1-2H3. The molecule has 0 radical (unpaired) electrons. The van der Waals surface area contributed by atoms with E-state index in [0.717, 1.165) is 54.3 Å². The zero-order chi connectivity index (χ0) is 19.3. The van der Waals surface area contributed by atoms with Gasteiger partial charge in [-0.25, -0.2) is 19.9 Å². The van der Waals surface area contributed by atoms with Gasteiger partial charge in [-0.15, -0.1) is 11.3 Å². The molecule has 0 saturated carbocycles. The zero-order valence-corrected chi connectivity index (χ0v) is 16.7. The Morgan fingerprint density at radius 1 is 1.18 bits per heavy atom. The lowest BCUT2D eigenvalue weighted by Crippen LogP contribution is -2.31. The van der Waals surface area contributed by atoms with Crippen LogP contribution in [0.5, 0.6) is 0 Å². The number of aromatic nitrogens is 4. The van der Waals surface area contributed by atoms with Gasteiger partial charge in [0.1, 0.15) is 10.8 Å². The topological polar surface area (TPSA) is 59.2 Å². The van der Waals surface area contributed by atoms with Gasteiger partial charge < -0.3 is 9.47 Å². The number of amidine groups is 1. The van der Waals surface area contributed by atoms with Crippen LogP contribution in [-0.2, 0) is 7.05 Å². The van der Waals surface area contributed by atoms with Gasteiger partial charge in [-0.1, -0.05) is 6.92 Å². The minimum absolute atomic E-state index is 0.0465. The van der Waals surface area contributed by atoms with Gasteiger partial charge in [0.2, 0.25) is 5.95 Å². The summed E-state index contributed by atoms with van der Waals surface area (Å²) < 4.78 is 17.8. The molecular formula is C20H21FN6S. The quantitative estimate of drug-likeness (QED) is 0.607. The van der Waals surface area contributed by atoms with Gasteiger partial charge in [-0.2, -0.15) is 4.39 Å². The van der Waals surface area contributed by atoms with E-state index in [2.05, 4.69) is 31.8 Å². The Kier molecular flexibility index (Phi) is 4.23. The minimum atomic E-state index is -0.397. The van der Waals surface area contributed by atoms with Crippen LogP contribution in [0.4, 0.5) is 4.39 Å². The minimum Gasteiger partial charge on any atom is -0.360 e. The molecule has 8 heteroatoms. The third-order valence-corrected chi connectivity index (χ3v) is 6.51. The second kappa shape index (κ2) is 6.77. The van der Waals surface area contributed by atoms with E-state index in [-0.39, 0.29) is 5.92 Å². The number of likely N-dealkylation sites (tertiary alicyclic amines) is 1. The van der Waals surface area contributed by atoms with Crippen LogP contribution in [0.3, 0.4) is 0 Å². The fourth-order valence-corrected chi connectivity index (χ4v) is 5.01. The molecule has 3 aromatic rings. The Hall–Kier alpha value is -2.61. The molecule has 5 heterocycles. The van der Waals surface area contributed by atoms with E-state index in [1.807, 2.05) is 23.7 Å². The van der Waals surface area contributed by atoms with Crippen LogP contribution in [0.1, 0.15) is 31.2 Å². The number of rotatable bonds is 2. The molecule has 0 amide bonds. The second-order valence-corrected chi connectivity index (χ2v) is 8.49. The number of nitrogens with zero attached hydrogens (tertiary/aromatic N) is 6. The van der Waals surface area contributed by atoms with Gasteiger partial charge in [0.05, 0.1) is 28.6 Å². The van der Waals surface area contributed by atoms with Crippen molar-refractivity contribution in [2.75, 3.05) is 13.1 Å². The highest BCUT2D eigenvalue weighted by atomic mass is 32.1. The SMILES string of the molecule is CC1CC(N2CCCC2)=NC(F)=C1c1nc2nc(-c3cncn3C)ccc2s1. The molecule has 1 unspecified atom stereocenters. The molecule has 1 atom stereocenters. The van der Waals surface area contributed by atoms with Gasteiger partial charge in [-0.3, -0.25) is 0 Å². The van der Waals surface area contributed by atoms with Gasteiger partial charge >= 0.3 is 0 Å². The molecule has 1 fully saturated rings. The predicted octanol–water partition coefficient (Wildman–Crippen LogP) is 4.26. The maximum atomic E-state index is 15.0. The van der Waals surface area contributed by atoms with Crippen LogP contribution < -0.4 is 0 Å². The monoisotopic (exact) mass is 396 g/mol. The molecule has 0 bridgehead atoms. The van der Waals surface area contributed by atoms with Crippen molar-refractivity contribution in [2.24, 2.45) is 18.0 Å². The normalized spacial score (nSPS) is 20.3. The lowest BCUT2D eigenvalue weighted by molar-refractivity contribution is 0.481. The number of pyridine rings is 1. The zero-order valence-electron chi connectivity index (χ0n) is 15.9. The Bertz CT molecular complexity index is 1110. The van der Waals surface area contributed by atoms with E-state index < -0.39 is 5.95 Å². The van der Waals surface area contributed by atoms with E-state index in [1.54, 1.807) is 12.5 Å². The number of halogens is 1. The first-order chi connectivity index (χ1) is 13.6. The molecule has 6 nitrogen and oxygen atoms in total. The Morgan fingerprint density at radius 3 is 2.71 bits per heavy atom. The molecule has 5 rings (SSSR count). The van der Waals surface area contributed by atoms with Gasteiger partial charge in [0.25, 0.3) is 0 Å². The maximum absolute atomic E-state index is 15.0. The van der Waals surface area contributed by atoms with Gasteiger partial charge in [-0.05, 0) is 30.9 Å². The molecule has 0 N–H and O–H groups in total. The number of fused-ring (bicyclic) bond motifs is 1. The number of thiazole rings is 1. The number of hydrogen-bond acceptors (Lipinski definition) is 6. The predicted molar refractivity (Wildman–Crippen MR) is 110 cm³/mol. The van der Waals surface area contributed by atoms with E-state index in [9.17, 15) is 4.39 Å². The summed E-state index contributed by atoms with van der Waals surface area (Å²) in [6.45, 7) is 4.02. The number of allylic oxidation sites excluding steroid dienone is 1.